The SMILES string of the molecule is CC(C)(C)OC(=O)NC(C[C@@H]1CCNC1=O)C(N)=O. The molecule has 7 nitrogen and oxygen atoms in total. The minimum absolute atomic E-state index is 0.114. The quantitative estimate of drug-likeness (QED) is 0.662. The fourth-order valence-electron chi connectivity index (χ4n) is 1.85. The summed E-state index contributed by atoms with van der Waals surface area (Å²) >= 11 is 0. The summed E-state index contributed by atoms with van der Waals surface area (Å²) in [6.07, 6.45) is 0.119. The van der Waals surface area contributed by atoms with Gasteiger partial charge in [-0.25, -0.2) is 4.79 Å². The summed E-state index contributed by atoms with van der Waals surface area (Å²) in [5.41, 5.74) is 4.58. The molecule has 0 radical (unpaired) electrons. The van der Waals surface area contributed by atoms with Crippen molar-refractivity contribution in [2.24, 2.45) is 11.7 Å². The van der Waals surface area contributed by atoms with Crippen molar-refractivity contribution in [3.63, 3.8) is 0 Å². The summed E-state index contributed by atoms with van der Waals surface area (Å²) in [6, 6.07) is -0.899. The Bertz CT molecular complexity index is 376. The van der Waals surface area contributed by atoms with Gasteiger partial charge in [-0.2, -0.15) is 0 Å². The number of primary amides is 1. The molecule has 4 N–H and O–H groups in total. The van der Waals surface area contributed by atoms with Gasteiger partial charge in [0.15, 0.2) is 0 Å². The number of nitrogens with two attached hydrogens (primary N) is 1. The highest BCUT2D eigenvalue weighted by Gasteiger charge is 2.31. The van der Waals surface area contributed by atoms with Crippen molar-refractivity contribution in [1.82, 2.24) is 10.6 Å². The van der Waals surface area contributed by atoms with E-state index in [0.717, 1.165) is 0 Å². The number of nitrogens with one attached hydrogen (secondary N) is 2. The Hall–Kier alpha value is -1.79. The Morgan fingerprint density at radius 3 is 2.58 bits per heavy atom. The summed E-state index contributed by atoms with van der Waals surface area (Å²) in [6.45, 7) is 5.74. The number of carbonyl (C=O) groups is 3. The molecule has 7 heteroatoms. The second kappa shape index (κ2) is 5.90. The molecule has 0 bridgehead atoms. The summed E-state index contributed by atoms with van der Waals surface area (Å²) in [5, 5.41) is 5.08. The maximum atomic E-state index is 11.6. The molecular weight excluding hydrogens is 250 g/mol. The molecule has 1 saturated heterocycles. The van der Waals surface area contributed by atoms with Gasteiger partial charge in [0.05, 0.1) is 0 Å². The second-order valence-electron chi connectivity index (χ2n) is 5.61. The molecule has 108 valence electrons. The fourth-order valence-corrected chi connectivity index (χ4v) is 1.85. The molecule has 0 aromatic heterocycles. The van der Waals surface area contributed by atoms with E-state index in [1.54, 1.807) is 20.8 Å². The Kier molecular flexibility index (Phi) is 4.74. The van der Waals surface area contributed by atoms with Gasteiger partial charge in [-0.3, -0.25) is 9.59 Å². The van der Waals surface area contributed by atoms with E-state index in [1.165, 1.54) is 0 Å². The summed E-state index contributed by atoms with van der Waals surface area (Å²) in [5.74, 6) is -1.09. The van der Waals surface area contributed by atoms with Crippen LogP contribution in [0.15, 0.2) is 0 Å². The Morgan fingerprint density at radius 1 is 1.53 bits per heavy atom. The van der Waals surface area contributed by atoms with Crippen molar-refractivity contribution in [2.75, 3.05) is 6.54 Å². The topological polar surface area (TPSA) is 111 Å². The largest absolute Gasteiger partial charge is 0.444 e. The van der Waals surface area contributed by atoms with E-state index in [4.69, 9.17) is 10.5 Å². The van der Waals surface area contributed by atoms with Gasteiger partial charge in [0.2, 0.25) is 11.8 Å². The molecule has 3 amide bonds. The van der Waals surface area contributed by atoms with Crippen LogP contribution in [0.3, 0.4) is 0 Å². The molecule has 1 aliphatic rings. The zero-order valence-corrected chi connectivity index (χ0v) is 11.5. The van der Waals surface area contributed by atoms with Crippen molar-refractivity contribution in [3.8, 4) is 0 Å². The maximum absolute atomic E-state index is 11.6. The molecule has 1 unspecified atom stereocenters. The first-order valence-corrected chi connectivity index (χ1v) is 6.25. The van der Waals surface area contributed by atoms with Crippen LogP contribution in [0.5, 0.6) is 0 Å². The van der Waals surface area contributed by atoms with E-state index < -0.39 is 23.6 Å². The Morgan fingerprint density at radius 2 is 2.16 bits per heavy atom. The first kappa shape index (κ1) is 15.3. The number of ether oxygens (including phenoxy) is 1. The Balaban J connectivity index is 2.56. The minimum atomic E-state index is -0.899. The maximum Gasteiger partial charge on any atom is 0.408 e. The highest BCUT2D eigenvalue weighted by molar-refractivity contribution is 5.86. The molecule has 1 fully saturated rings. The first-order chi connectivity index (χ1) is 8.69. The molecule has 0 saturated carbocycles. The van der Waals surface area contributed by atoms with Gasteiger partial charge in [0.1, 0.15) is 11.6 Å². The fraction of sp³-hybridized carbons (Fsp3) is 0.750. The molecule has 1 heterocycles. The molecule has 2 atom stereocenters. The number of amides is 3. The van der Waals surface area contributed by atoms with Crippen molar-refractivity contribution >= 4 is 17.9 Å². The van der Waals surface area contributed by atoms with Crippen LogP contribution in [0.1, 0.15) is 33.6 Å². The van der Waals surface area contributed by atoms with Crippen molar-refractivity contribution in [2.45, 2.75) is 45.3 Å². The van der Waals surface area contributed by atoms with Crippen LogP contribution in [0, 0.1) is 5.92 Å². The third-order valence-corrected chi connectivity index (χ3v) is 2.72. The third-order valence-electron chi connectivity index (χ3n) is 2.72. The van der Waals surface area contributed by atoms with E-state index in [0.29, 0.717) is 13.0 Å². The van der Waals surface area contributed by atoms with Gasteiger partial charge in [0.25, 0.3) is 0 Å². The number of rotatable bonds is 4. The standard InChI is InChI=1S/C12H21N3O4/c1-12(2,3)19-11(18)15-8(9(13)16)6-7-4-5-14-10(7)17/h7-8H,4-6H2,1-3H3,(H2,13,16)(H,14,17)(H,15,18)/t7-,8?/m0/s1. The van der Waals surface area contributed by atoms with Crippen LogP contribution >= 0.6 is 0 Å². The van der Waals surface area contributed by atoms with Crippen LogP contribution in [0.2, 0.25) is 0 Å². The average molecular weight is 271 g/mol. The van der Waals surface area contributed by atoms with Crippen LogP contribution < -0.4 is 16.4 Å². The van der Waals surface area contributed by atoms with Gasteiger partial charge in [-0.1, -0.05) is 0 Å². The number of hydrogen-bond acceptors (Lipinski definition) is 4. The summed E-state index contributed by atoms with van der Waals surface area (Å²) < 4.78 is 5.05. The zero-order chi connectivity index (χ0) is 14.6. The zero-order valence-electron chi connectivity index (χ0n) is 11.5. The predicted molar refractivity (Wildman–Crippen MR) is 68.1 cm³/mol. The lowest BCUT2D eigenvalue weighted by Crippen LogP contribution is -2.47. The van der Waals surface area contributed by atoms with E-state index in [1.807, 2.05) is 0 Å². The minimum Gasteiger partial charge on any atom is -0.444 e. The third kappa shape index (κ3) is 5.15. The number of hydrogen-bond donors (Lipinski definition) is 3. The number of alkyl carbamates (subject to hydrolysis) is 1. The second-order valence-corrected chi connectivity index (χ2v) is 5.61. The normalized spacial score (nSPS) is 20.6. The van der Waals surface area contributed by atoms with Gasteiger partial charge in [-0.05, 0) is 33.6 Å². The van der Waals surface area contributed by atoms with E-state index >= 15 is 0 Å². The summed E-state index contributed by atoms with van der Waals surface area (Å²) in [4.78, 5) is 34.3. The monoisotopic (exact) mass is 271 g/mol. The molecule has 1 rings (SSSR count). The Labute approximate surface area is 112 Å². The highest BCUT2D eigenvalue weighted by atomic mass is 16.6. The molecule has 1 aliphatic heterocycles. The molecular formula is C12H21N3O4. The van der Waals surface area contributed by atoms with Crippen LogP contribution in [-0.4, -0.2) is 36.1 Å². The highest BCUT2D eigenvalue weighted by Crippen LogP contribution is 2.16. The molecule has 0 aliphatic carbocycles. The van der Waals surface area contributed by atoms with Crippen LogP contribution in [-0.2, 0) is 14.3 Å². The van der Waals surface area contributed by atoms with Gasteiger partial charge in [-0.15, -0.1) is 0 Å². The lowest BCUT2D eigenvalue weighted by atomic mass is 9.98. The molecule has 0 aromatic rings. The average Bonchev–Trinajstić information content (AvgIpc) is 2.60. The lowest BCUT2D eigenvalue weighted by molar-refractivity contribution is -0.124. The van der Waals surface area contributed by atoms with Crippen molar-refractivity contribution < 1.29 is 19.1 Å². The van der Waals surface area contributed by atoms with Crippen molar-refractivity contribution in [3.05, 3.63) is 0 Å². The smallest absolute Gasteiger partial charge is 0.408 e. The van der Waals surface area contributed by atoms with Crippen LogP contribution in [0.25, 0.3) is 0 Å². The lowest BCUT2D eigenvalue weighted by Gasteiger charge is -2.23. The predicted octanol–water partition coefficient (Wildman–Crippen LogP) is -0.109. The van der Waals surface area contributed by atoms with E-state index in [-0.39, 0.29) is 18.2 Å². The van der Waals surface area contributed by atoms with Gasteiger partial charge < -0.3 is 21.1 Å². The molecule has 19 heavy (non-hydrogen) atoms. The molecule has 0 aromatic carbocycles. The molecule has 0 spiro atoms. The van der Waals surface area contributed by atoms with Crippen molar-refractivity contribution in [1.29, 1.82) is 0 Å². The van der Waals surface area contributed by atoms with E-state index in [9.17, 15) is 14.4 Å². The van der Waals surface area contributed by atoms with Crippen LogP contribution in [0.4, 0.5) is 4.79 Å². The van der Waals surface area contributed by atoms with E-state index in [2.05, 4.69) is 10.6 Å². The summed E-state index contributed by atoms with van der Waals surface area (Å²) in [7, 11) is 0. The van der Waals surface area contributed by atoms with Gasteiger partial charge in [0, 0.05) is 12.5 Å². The first-order valence-electron chi connectivity index (χ1n) is 6.25. The van der Waals surface area contributed by atoms with Gasteiger partial charge >= 0.3 is 6.09 Å². The number of carbonyl (C=O) groups excluding carboxylic acids is 3.